The molecule has 0 radical (unpaired) electrons. The Morgan fingerprint density at radius 3 is 2.58 bits per heavy atom. The summed E-state index contributed by atoms with van der Waals surface area (Å²) in [6.45, 7) is 1.87. The number of thioether (sulfide) groups is 1. The number of rotatable bonds is 7. The van der Waals surface area contributed by atoms with Crippen molar-refractivity contribution in [1.29, 1.82) is 0 Å². The Hall–Kier alpha value is -2.75. The maximum absolute atomic E-state index is 12.5. The van der Waals surface area contributed by atoms with Crippen LogP contribution in [0.4, 0.5) is 20.3 Å². The molecule has 0 bridgehead atoms. The van der Waals surface area contributed by atoms with Crippen LogP contribution in [-0.2, 0) is 9.53 Å². The zero-order valence-electron chi connectivity index (χ0n) is 13.7. The second-order valence-corrected chi connectivity index (χ2v) is 5.87. The van der Waals surface area contributed by atoms with Gasteiger partial charge in [0.1, 0.15) is 11.4 Å². The fourth-order valence-corrected chi connectivity index (χ4v) is 2.48. The molecule has 26 heavy (non-hydrogen) atoms. The number of nitrogens with zero attached hydrogens (tertiary/aromatic N) is 2. The molecule has 0 spiro atoms. The van der Waals surface area contributed by atoms with E-state index >= 15 is 0 Å². The Morgan fingerprint density at radius 2 is 2.00 bits per heavy atom. The van der Waals surface area contributed by atoms with E-state index in [0.717, 1.165) is 11.8 Å². The van der Waals surface area contributed by atoms with E-state index in [4.69, 9.17) is 10.5 Å². The molecule has 10 heteroatoms. The van der Waals surface area contributed by atoms with Crippen LogP contribution in [0.3, 0.4) is 0 Å². The molecule has 7 nitrogen and oxygen atoms in total. The van der Waals surface area contributed by atoms with E-state index in [1.165, 1.54) is 30.5 Å². The molecule has 1 heterocycles. The van der Waals surface area contributed by atoms with E-state index in [-0.39, 0.29) is 40.4 Å². The molecule has 1 aromatic carbocycles. The van der Waals surface area contributed by atoms with E-state index in [0.29, 0.717) is 5.69 Å². The lowest BCUT2D eigenvalue weighted by atomic mass is 10.2. The van der Waals surface area contributed by atoms with Crippen LogP contribution in [-0.4, -0.2) is 34.2 Å². The highest BCUT2D eigenvalue weighted by Crippen LogP contribution is 2.21. The lowest BCUT2D eigenvalue weighted by molar-refractivity contribution is -0.113. The largest absolute Gasteiger partial charge is 0.462 e. The lowest BCUT2D eigenvalue weighted by Gasteiger charge is -2.07. The average molecular weight is 382 g/mol. The Labute approximate surface area is 152 Å². The number of hydrogen-bond acceptors (Lipinski definition) is 7. The predicted molar refractivity (Wildman–Crippen MR) is 93.2 cm³/mol. The number of nitrogens with one attached hydrogen (secondary N) is 1. The number of ether oxygens (including phenoxy) is 1. The molecule has 0 aliphatic carbocycles. The Morgan fingerprint density at radius 1 is 1.31 bits per heavy atom. The van der Waals surface area contributed by atoms with Gasteiger partial charge in [0.15, 0.2) is 5.16 Å². The molecule has 138 valence electrons. The third kappa shape index (κ3) is 5.38. The van der Waals surface area contributed by atoms with E-state index in [1.807, 2.05) is 0 Å². The minimum atomic E-state index is -2.56. The maximum Gasteiger partial charge on any atom is 0.343 e. The first kappa shape index (κ1) is 19.6. The number of anilines is 2. The molecular formula is C16H16F2N4O3S. The van der Waals surface area contributed by atoms with Crippen molar-refractivity contribution in [3.63, 3.8) is 0 Å². The first-order chi connectivity index (χ1) is 12.4. The van der Waals surface area contributed by atoms with Gasteiger partial charge in [-0.05, 0) is 19.1 Å². The summed E-state index contributed by atoms with van der Waals surface area (Å²) < 4.78 is 29.8. The smallest absolute Gasteiger partial charge is 0.343 e. The highest BCUT2D eigenvalue weighted by molar-refractivity contribution is 7.99. The van der Waals surface area contributed by atoms with Crippen LogP contribution in [0.25, 0.3) is 0 Å². The van der Waals surface area contributed by atoms with Crippen molar-refractivity contribution in [2.24, 2.45) is 0 Å². The van der Waals surface area contributed by atoms with E-state index in [9.17, 15) is 18.4 Å². The van der Waals surface area contributed by atoms with Crippen LogP contribution in [0.5, 0.6) is 0 Å². The van der Waals surface area contributed by atoms with Gasteiger partial charge in [-0.15, -0.1) is 0 Å². The lowest BCUT2D eigenvalue weighted by Crippen LogP contribution is -2.15. The standard InChI is InChI=1S/C16H16F2N4O3S/c1-2-25-15(24)11-7-20-16(22-14(11)19)26-8-12(23)21-10-5-3-9(4-6-10)13(17)18/h3-7,13H,2,8H2,1H3,(H,21,23)(H2,19,20,22). The van der Waals surface area contributed by atoms with Gasteiger partial charge in [0.25, 0.3) is 6.43 Å². The number of carbonyl (C=O) groups is 2. The third-order valence-electron chi connectivity index (χ3n) is 3.07. The molecule has 0 aliphatic rings. The summed E-state index contributed by atoms with van der Waals surface area (Å²) in [4.78, 5) is 31.4. The zero-order valence-corrected chi connectivity index (χ0v) is 14.6. The first-order valence-corrected chi connectivity index (χ1v) is 8.49. The quantitative estimate of drug-likeness (QED) is 0.431. The van der Waals surface area contributed by atoms with Gasteiger partial charge < -0.3 is 15.8 Å². The van der Waals surface area contributed by atoms with Gasteiger partial charge in [0.2, 0.25) is 5.91 Å². The normalized spacial score (nSPS) is 10.6. The van der Waals surface area contributed by atoms with Crippen molar-refractivity contribution in [3.8, 4) is 0 Å². The SMILES string of the molecule is CCOC(=O)c1cnc(SCC(=O)Nc2ccc(C(F)F)cc2)nc1N. The van der Waals surface area contributed by atoms with Crippen molar-refractivity contribution in [2.45, 2.75) is 18.5 Å². The number of aromatic nitrogens is 2. The van der Waals surface area contributed by atoms with Gasteiger partial charge in [-0.1, -0.05) is 23.9 Å². The summed E-state index contributed by atoms with van der Waals surface area (Å²) in [5.41, 5.74) is 6.03. The maximum atomic E-state index is 12.5. The average Bonchev–Trinajstić information content (AvgIpc) is 2.60. The molecule has 0 aliphatic heterocycles. The molecule has 0 unspecified atom stereocenters. The molecule has 0 saturated carbocycles. The van der Waals surface area contributed by atoms with Crippen molar-refractivity contribution < 1.29 is 23.1 Å². The predicted octanol–water partition coefficient (Wildman–Crippen LogP) is 2.90. The molecule has 0 atom stereocenters. The summed E-state index contributed by atoms with van der Waals surface area (Å²) in [6, 6.07) is 5.27. The molecule has 0 saturated heterocycles. The van der Waals surface area contributed by atoms with Crippen LogP contribution >= 0.6 is 11.8 Å². The van der Waals surface area contributed by atoms with Crippen LogP contribution in [0.1, 0.15) is 29.3 Å². The molecular weight excluding hydrogens is 366 g/mol. The van der Waals surface area contributed by atoms with E-state index < -0.39 is 12.4 Å². The highest BCUT2D eigenvalue weighted by Gasteiger charge is 2.14. The second kappa shape index (κ2) is 9.09. The number of nitrogen functional groups attached to an aromatic ring is 1. The van der Waals surface area contributed by atoms with Gasteiger partial charge in [0, 0.05) is 17.4 Å². The summed E-state index contributed by atoms with van der Waals surface area (Å²) in [7, 11) is 0. The minimum absolute atomic E-state index is 0.0191. The van der Waals surface area contributed by atoms with Crippen LogP contribution in [0, 0.1) is 0 Å². The van der Waals surface area contributed by atoms with E-state index in [2.05, 4.69) is 15.3 Å². The summed E-state index contributed by atoms with van der Waals surface area (Å²) in [5.74, 6) is -1.04. The summed E-state index contributed by atoms with van der Waals surface area (Å²) in [5, 5.41) is 2.79. The monoisotopic (exact) mass is 382 g/mol. The molecule has 2 rings (SSSR count). The number of esters is 1. The zero-order chi connectivity index (χ0) is 19.1. The summed E-state index contributed by atoms with van der Waals surface area (Å²) in [6.07, 6.45) is -1.32. The number of carbonyl (C=O) groups excluding carboxylic acids is 2. The van der Waals surface area contributed by atoms with Crippen LogP contribution in [0.2, 0.25) is 0 Å². The van der Waals surface area contributed by atoms with E-state index in [1.54, 1.807) is 6.92 Å². The number of halogens is 2. The van der Waals surface area contributed by atoms with Gasteiger partial charge in [-0.2, -0.15) is 0 Å². The van der Waals surface area contributed by atoms with Crippen molar-refractivity contribution in [2.75, 3.05) is 23.4 Å². The van der Waals surface area contributed by atoms with Gasteiger partial charge >= 0.3 is 5.97 Å². The third-order valence-corrected chi connectivity index (χ3v) is 3.93. The first-order valence-electron chi connectivity index (χ1n) is 7.51. The van der Waals surface area contributed by atoms with Gasteiger partial charge in [-0.3, -0.25) is 4.79 Å². The highest BCUT2D eigenvalue weighted by atomic mass is 32.2. The fraction of sp³-hybridized carbons (Fsp3) is 0.250. The van der Waals surface area contributed by atoms with Crippen molar-refractivity contribution in [3.05, 3.63) is 41.6 Å². The second-order valence-electron chi connectivity index (χ2n) is 4.93. The van der Waals surface area contributed by atoms with Crippen molar-refractivity contribution in [1.82, 2.24) is 9.97 Å². The molecule has 3 N–H and O–H groups in total. The number of nitrogens with two attached hydrogens (primary N) is 1. The number of amides is 1. The minimum Gasteiger partial charge on any atom is -0.462 e. The van der Waals surface area contributed by atoms with Crippen molar-refractivity contribution >= 4 is 35.1 Å². The van der Waals surface area contributed by atoms with Crippen LogP contribution < -0.4 is 11.1 Å². The molecule has 2 aromatic rings. The van der Waals surface area contributed by atoms with Gasteiger partial charge in [-0.25, -0.2) is 23.5 Å². The molecule has 1 amide bonds. The fourth-order valence-electron chi connectivity index (χ4n) is 1.85. The van der Waals surface area contributed by atoms with Gasteiger partial charge in [0.05, 0.1) is 12.4 Å². The number of alkyl halides is 2. The summed E-state index contributed by atoms with van der Waals surface area (Å²) >= 11 is 1.02. The number of hydrogen-bond donors (Lipinski definition) is 2. The topological polar surface area (TPSA) is 107 Å². The molecule has 1 aromatic heterocycles. The Kier molecular flexibility index (Phi) is 6.84. The van der Waals surface area contributed by atoms with Crippen LogP contribution in [0.15, 0.2) is 35.6 Å². The molecule has 0 fully saturated rings. The number of benzene rings is 1. The Bertz CT molecular complexity index is 788. The Balaban J connectivity index is 1.90.